The third-order valence-corrected chi connectivity index (χ3v) is 3.92. The van der Waals surface area contributed by atoms with E-state index in [1.807, 2.05) is 0 Å². The van der Waals surface area contributed by atoms with Crippen molar-refractivity contribution in [2.24, 2.45) is 0 Å². The van der Waals surface area contributed by atoms with E-state index in [0.717, 1.165) is 17.0 Å². The van der Waals surface area contributed by atoms with Gasteiger partial charge in [0, 0.05) is 16.8 Å². The van der Waals surface area contributed by atoms with Crippen molar-refractivity contribution in [2.45, 2.75) is 13.0 Å². The Kier molecular flexibility index (Phi) is 5.41. The Bertz CT molecular complexity index is 981. The van der Waals surface area contributed by atoms with Crippen LogP contribution in [-0.2, 0) is 11.3 Å². The van der Waals surface area contributed by atoms with Crippen molar-refractivity contribution in [3.8, 4) is 11.5 Å². The number of anilines is 1. The lowest BCUT2D eigenvalue weighted by Gasteiger charge is -2.18. The third-order valence-electron chi connectivity index (χ3n) is 3.63. The van der Waals surface area contributed by atoms with Crippen LogP contribution in [-0.4, -0.2) is 16.6 Å². The van der Waals surface area contributed by atoms with Gasteiger partial charge >= 0.3 is 6.43 Å². The molecule has 5 nitrogen and oxygen atoms in total. The molecule has 27 heavy (non-hydrogen) atoms. The zero-order valence-corrected chi connectivity index (χ0v) is 14.1. The van der Waals surface area contributed by atoms with Crippen molar-refractivity contribution < 1.29 is 26.8 Å². The number of benzene rings is 2. The van der Waals surface area contributed by atoms with Gasteiger partial charge in [-0.05, 0) is 30.3 Å². The lowest BCUT2D eigenvalue weighted by Crippen LogP contribution is -2.21. The SMILES string of the molecule is O=CN(Cc1ccc(-c2nnc(C(F)F)o2)cc1F)c1ccc(F)c(Cl)c1. The summed E-state index contributed by atoms with van der Waals surface area (Å²) in [4.78, 5) is 12.5. The third kappa shape index (κ3) is 4.08. The molecule has 0 saturated carbocycles. The molecule has 3 rings (SSSR count). The molecule has 10 heteroatoms. The van der Waals surface area contributed by atoms with Crippen LogP contribution in [0.1, 0.15) is 17.9 Å². The summed E-state index contributed by atoms with van der Waals surface area (Å²) in [6, 6.07) is 7.41. The van der Waals surface area contributed by atoms with Crippen LogP contribution >= 0.6 is 11.6 Å². The number of carbonyl (C=O) groups is 1. The topological polar surface area (TPSA) is 59.2 Å². The first kappa shape index (κ1) is 18.8. The van der Waals surface area contributed by atoms with Crippen molar-refractivity contribution in [3.63, 3.8) is 0 Å². The number of hydrogen-bond acceptors (Lipinski definition) is 4. The molecule has 2 aromatic carbocycles. The van der Waals surface area contributed by atoms with Crippen LogP contribution in [0.5, 0.6) is 0 Å². The second kappa shape index (κ2) is 7.75. The van der Waals surface area contributed by atoms with Gasteiger partial charge in [-0.15, -0.1) is 10.2 Å². The number of nitrogens with zero attached hydrogens (tertiary/aromatic N) is 3. The summed E-state index contributed by atoms with van der Waals surface area (Å²) in [5.74, 6) is -2.49. The summed E-state index contributed by atoms with van der Waals surface area (Å²) in [5, 5.41) is 6.44. The average molecular weight is 400 g/mol. The molecule has 0 atom stereocenters. The van der Waals surface area contributed by atoms with E-state index < -0.39 is 24.0 Å². The lowest BCUT2D eigenvalue weighted by molar-refractivity contribution is -0.107. The fourth-order valence-electron chi connectivity index (χ4n) is 2.28. The highest BCUT2D eigenvalue weighted by Crippen LogP contribution is 2.27. The van der Waals surface area contributed by atoms with Crippen molar-refractivity contribution in [1.29, 1.82) is 0 Å². The summed E-state index contributed by atoms with van der Waals surface area (Å²) >= 11 is 5.69. The Morgan fingerprint density at radius 1 is 1.11 bits per heavy atom. The van der Waals surface area contributed by atoms with E-state index in [0.29, 0.717) is 6.41 Å². The van der Waals surface area contributed by atoms with Crippen molar-refractivity contribution in [2.75, 3.05) is 4.90 Å². The second-order valence-electron chi connectivity index (χ2n) is 5.38. The van der Waals surface area contributed by atoms with Crippen LogP contribution in [0.25, 0.3) is 11.5 Å². The van der Waals surface area contributed by atoms with Gasteiger partial charge in [-0.2, -0.15) is 8.78 Å². The van der Waals surface area contributed by atoms with Gasteiger partial charge in [0.2, 0.25) is 12.3 Å². The van der Waals surface area contributed by atoms with Gasteiger partial charge in [0.15, 0.2) is 0 Å². The quantitative estimate of drug-likeness (QED) is 0.442. The first-order valence-corrected chi connectivity index (χ1v) is 7.84. The summed E-state index contributed by atoms with van der Waals surface area (Å²) < 4.78 is 57.4. The van der Waals surface area contributed by atoms with Crippen LogP contribution in [0.15, 0.2) is 40.8 Å². The fourth-order valence-corrected chi connectivity index (χ4v) is 2.46. The predicted octanol–water partition coefficient (Wildman–Crippen LogP) is 4.77. The Morgan fingerprint density at radius 2 is 1.89 bits per heavy atom. The minimum Gasteiger partial charge on any atom is -0.415 e. The molecule has 140 valence electrons. The number of amides is 1. The molecule has 0 aliphatic heterocycles. The Labute approximate surface area is 155 Å². The minimum atomic E-state index is -2.93. The normalized spacial score (nSPS) is 11.0. The molecule has 0 saturated heterocycles. The first-order valence-electron chi connectivity index (χ1n) is 7.46. The highest BCUT2D eigenvalue weighted by Gasteiger charge is 2.18. The van der Waals surface area contributed by atoms with E-state index in [4.69, 9.17) is 16.0 Å². The molecule has 0 bridgehead atoms. The Balaban J connectivity index is 1.84. The summed E-state index contributed by atoms with van der Waals surface area (Å²) in [5.41, 5.74) is 0.511. The first-order chi connectivity index (χ1) is 12.9. The molecule has 0 unspecified atom stereocenters. The van der Waals surface area contributed by atoms with Crippen LogP contribution in [0.2, 0.25) is 5.02 Å². The van der Waals surface area contributed by atoms with Crippen LogP contribution in [0.3, 0.4) is 0 Å². The molecule has 0 aliphatic carbocycles. The van der Waals surface area contributed by atoms with Gasteiger partial charge in [-0.3, -0.25) is 4.79 Å². The van der Waals surface area contributed by atoms with Gasteiger partial charge in [-0.1, -0.05) is 17.7 Å². The van der Waals surface area contributed by atoms with E-state index >= 15 is 0 Å². The number of aromatic nitrogens is 2. The molecule has 1 heterocycles. The van der Waals surface area contributed by atoms with Crippen molar-refractivity contribution >= 4 is 23.7 Å². The molecule has 3 aromatic rings. The summed E-state index contributed by atoms with van der Waals surface area (Å²) in [7, 11) is 0. The maximum atomic E-state index is 14.4. The monoisotopic (exact) mass is 399 g/mol. The van der Waals surface area contributed by atoms with E-state index in [9.17, 15) is 22.4 Å². The van der Waals surface area contributed by atoms with Gasteiger partial charge in [0.1, 0.15) is 11.6 Å². The molecule has 0 spiro atoms. The largest absolute Gasteiger partial charge is 0.415 e. The maximum Gasteiger partial charge on any atom is 0.314 e. The van der Waals surface area contributed by atoms with Gasteiger partial charge in [-0.25, -0.2) is 8.78 Å². The number of hydrogen-bond donors (Lipinski definition) is 0. The van der Waals surface area contributed by atoms with E-state index in [1.54, 1.807) is 0 Å². The molecular weight excluding hydrogens is 390 g/mol. The van der Waals surface area contributed by atoms with Gasteiger partial charge in [0.05, 0.1) is 11.6 Å². The van der Waals surface area contributed by atoms with E-state index in [-0.39, 0.29) is 34.3 Å². The molecule has 0 fully saturated rings. The second-order valence-corrected chi connectivity index (χ2v) is 5.79. The molecule has 1 amide bonds. The smallest absolute Gasteiger partial charge is 0.314 e. The Hall–Kier alpha value is -2.94. The number of carbonyl (C=O) groups excluding carboxylic acids is 1. The molecule has 0 N–H and O–H groups in total. The number of alkyl halides is 2. The van der Waals surface area contributed by atoms with Crippen LogP contribution in [0, 0.1) is 11.6 Å². The zero-order valence-electron chi connectivity index (χ0n) is 13.4. The maximum absolute atomic E-state index is 14.4. The predicted molar refractivity (Wildman–Crippen MR) is 88.3 cm³/mol. The van der Waals surface area contributed by atoms with Gasteiger partial charge in [0.25, 0.3) is 5.89 Å². The molecular formula is C17H10ClF4N3O2. The number of rotatable bonds is 6. The minimum absolute atomic E-state index is 0.109. The average Bonchev–Trinajstić information content (AvgIpc) is 3.13. The molecule has 1 aromatic heterocycles. The van der Waals surface area contributed by atoms with Crippen molar-refractivity contribution in [1.82, 2.24) is 10.2 Å². The van der Waals surface area contributed by atoms with Gasteiger partial charge < -0.3 is 9.32 Å². The highest BCUT2D eigenvalue weighted by atomic mass is 35.5. The van der Waals surface area contributed by atoms with Crippen LogP contribution in [0.4, 0.5) is 23.2 Å². The van der Waals surface area contributed by atoms with Crippen molar-refractivity contribution in [3.05, 3.63) is 64.5 Å². The van der Waals surface area contributed by atoms with Crippen LogP contribution < -0.4 is 4.90 Å². The summed E-state index contributed by atoms with van der Waals surface area (Å²) in [6.07, 6.45) is -2.48. The van der Waals surface area contributed by atoms with E-state index in [2.05, 4.69) is 10.2 Å². The number of halogens is 5. The Morgan fingerprint density at radius 3 is 2.48 bits per heavy atom. The molecule has 0 radical (unpaired) electrons. The fraction of sp³-hybridized carbons (Fsp3) is 0.118. The summed E-state index contributed by atoms with van der Waals surface area (Å²) in [6.45, 7) is -0.163. The van der Waals surface area contributed by atoms with E-state index in [1.165, 1.54) is 24.3 Å². The molecule has 0 aliphatic rings. The highest BCUT2D eigenvalue weighted by molar-refractivity contribution is 6.31. The lowest BCUT2D eigenvalue weighted by atomic mass is 10.1. The standard InChI is InChI=1S/C17H10ClF4N3O2/c18-12-6-11(3-4-13(12)19)25(8-26)7-10-2-1-9(5-14(10)20)16-23-24-17(27-16)15(21)22/h1-6,8,15H,7H2. The zero-order chi connectivity index (χ0) is 19.6.